The maximum Gasteiger partial charge on any atom is 0.220 e. The molecule has 0 bridgehead atoms. The van der Waals surface area contributed by atoms with Crippen LogP contribution in [0.5, 0.6) is 0 Å². The monoisotopic (exact) mass is 517 g/mol. The van der Waals surface area contributed by atoms with Gasteiger partial charge < -0.3 is 15.5 Å². The van der Waals surface area contributed by atoms with Crippen molar-refractivity contribution in [1.29, 1.82) is 0 Å². The zero-order valence-electron chi connectivity index (χ0n) is 24.2. The van der Waals surface area contributed by atoms with E-state index in [9.17, 15) is 15.0 Å². The summed E-state index contributed by atoms with van der Waals surface area (Å²) < 4.78 is 0. The Morgan fingerprint density at radius 1 is 0.622 bits per heavy atom. The summed E-state index contributed by atoms with van der Waals surface area (Å²) in [6.45, 7) is 4.20. The van der Waals surface area contributed by atoms with Crippen LogP contribution in [0.15, 0.2) is 48.6 Å². The molecule has 0 aliphatic carbocycles. The van der Waals surface area contributed by atoms with Crippen molar-refractivity contribution in [2.45, 2.75) is 148 Å². The van der Waals surface area contributed by atoms with Crippen molar-refractivity contribution in [1.82, 2.24) is 5.32 Å². The predicted molar refractivity (Wildman–Crippen MR) is 161 cm³/mol. The Bertz CT molecular complexity index is 609. The Hall–Kier alpha value is -1.65. The van der Waals surface area contributed by atoms with E-state index in [-0.39, 0.29) is 12.5 Å². The highest BCUT2D eigenvalue weighted by molar-refractivity contribution is 5.76. The Kier molecular flexibility index (Phi) is 27.6. The van der Waals surface area contributed by atoms with Crippen LogP contribution in [0, 0.1) is 0 Å². The maximum absolute atomic E-state index is 12.2. The maximum atomic E-state index is 12.2. The van der Waals surface area contributed by atoms with Crippen molar-refractivity contribution in [3.63, 3.8) is 0 Å². The third-order valence-electron chi connectivity index (χ3n) is 6.51. The van der Waals surface area contributed by atoms with Crippen LogP contribution < -0.4 is 5.32 Å². The molecule has 0 aromatic rings. The molecule has 0 rings (SSSR count). The summed E-state index contributed by atoms with van der Waals surface area (Å²) >= 11 is 0. The number of amides is 1. The fourth-order valence-corrected chi connectivity index (χ4v) is 4.09. The smallest absolute Gasteiger partial charge is 0.220 e. The van der Waals surface area contributed by atoms with Crippen LogP contribution in [-0.2, 0) is 4.79 Å². The summed E-state index contributed by atoms with van der Waals surface area (Å²) in [6.07, 6.45) is 37.6. The van der Waals surface area contributed by atoms with Gasteiger partial charge >= 0.3 is 0 Å². The van der Waals surface area contributed by atoms with E-state index in [1.807, 2.05) is 6.08 Å². The minimum Gasteiger partial charge on any atom is -0.394 e. The van der Waals surface area contributed by atoms with Gasteiger partial charge in [-0.05, 0) is 64.2 Å². The summed E-state index contributed by atoms with van der Waals surface area (Å²) in [6, 6.07) is -0.656. The summed E-state index contributed by atoms with van der Waals surface area (Å²) in [5, 5.41) is 22.6. The first-order valence-electron chi connectivity index (χ1n) is 15.4. The molecule has 0 spiro atoms. The first kappa shape index (κ1) is 35.4. The normalized spacial score (nSPS) is 13.9. The quantitative estimate of drug-likeness (QED) is 0.0795. The number of carbonyl (C=O) groups is 1. The van der Waals surface area contributed by atoms with Crippen molar-refractivity contribution < 1.29 is 15.0 Å². The number of nitrogens with one attached hydrogen (secondary N) is 1. The topological polar surface area (TPSA) is 69.6 Å². The van der Waals surface area contributed by atoms with Gasteiger partial charge in [-0.25, -0.2) is 0 Å². The molecule has 2 atom stereocenters. The molecular formula is C33H59NO3. The Balaban J connectivity index is 3.83. The van der Waals surface area contributed by atoms with E-state index in [1.165, 1.54) is 70.6 Å². The van der Waals surface area contributed by atoms with Crippen LogP contribution in [0.4, 0.5) is 0 Å². The van der Waals surface area contributed by atoms with Gasteiger partial charge in [0.1, 0.15) is 0 Å². The Morgan fingerprint density at radius 3 is 1.59 bits per heavy atom. The van der Waals surface area contributed by atoms with Gasteiger partial charge in [0.15, 0.2) is 0 Å². The van der Waals surface area contributed by atoms with Gasteiger partial charge in [-0.3, -0.25) is 4.79 Å². The largest absolute Gasteiger partial charge is 0.394 e. The predicted octanol–water partition coefficient (Wildman–Crippen LogP) is 8.50. The van der Waals surface area contributed by atoms with E-state index in [0.29, 0.717) is 6.42 Å². The van der Waals surface area contributed by atoms with Crippen LogP contribution in [0.1, 0.15) is 136 Å². The zero-order chi connectivity index (χ0) is 27.2. The van der Waals surface area contributed by atoms with Gasteiger partial charge in [0.05, 0.1) is 18.8 Å². The lowest BCUT2D eigenvalue weighted by Crippen LogP contribution is -2.45. The number of unbranched alkanes of at least 4 members (excludes halogenated alkanes) is 13. The van der Waals surface area contributed by atoms with Gasteiger partial charge in [0.2, 0.25) is 5.91 Å². The van der Waals surface area contributed by atoms with E-state index >= 15 is 0 Å². The number of aliphatic hydroxyl groups excluding tert-OH is 2. The number of hydrogen-bond acceptors (Lipinski definition) is 3. The fourth-order valence-electron chi connectivity index (χ4n) is 4.09. The highest BCUT2D eigenvalue weighted by Gasteiger charge is 2.17. The van der Waals surface area contributed by atoms with Crippen molar-refractivity contribution >= 4 is 5.91 Å². The van der Waals surface area contributed by atoms with E-state index in [4.69, 9.17) is 0 Å². The number of allylic oxidation sites excluding steroid dienone is 7. The SMILES string of the molecule is CCCCCC/C=C\CCCC(=O)NC(CO)C(O)/C=C/CC/C=C/CC/C=C/CCCCCCCC. The molecule has 0 aliphatic rings. The van der Waals surface area contributed by atoms with Crippen molar-refractivity contribution in [3.8, 4) is 0 Å². The highest BCUT2D eigenvalue weighted by Crippen LogP contribution is 2.08. The lowest BCUT2D eigenvalue weighted by Gasteiger charge is -2.19. The molecule has 0 saturated heterocycles. The molecule has 2 unspecified atom stereocenters. The molecule has 214 valence electrons. The number of hydrogen-bond donors (Lipinski definition) is 3. The molecule has 0 aromatic carbocycles. The first-order valence-corrected chi connectivity index (χ1v) is 15.4. The molecule has 1 amide bonds. The molecule has 0 aliphatic heterocycles. The molecule has 0 fully saturated rings. The minimum atomic E-state index is -0.877. The average molecular weight is 518 g/mol. The molecule has 4 nitrogen and oxygen atoms in total. The zero-order valence-corrected chi connectivity index (χ0v) is 24.2. The Morgan fingerprint density at radius 2 is 1.05 bits per heavy atom. The second-order valence-corrected chi connectivity index (χ2v) is 10.1. The molecule has 0 saturated carbocycles. The fraction of sp³-hybridized carbons (Fsp3) is 0.727. The molecule has 0 radical (unpaired) electrons. The van der Waals surface area contributed by atoms with Gasteiger partial charge in [-0.1, -0.05) is 114 Å². The van der Waals surface area contributed by atoms with E-state index < -0.39 is 12.1 Å². The Labute approximate surface area is 229 Å². The van der Waals surface area contributed by atoms with Gasteiger partial charge in [0.25, 0.3) is 0 Å². The van der Waals surface area contributed by atoms with E-state index in [1.54, 1.807) is 6.08 Å². The first-order chi connectivity index (χ1) is 18.2. The van der Waals surface area contributed by atoms with Crippen molar-refractivity contribution in [2.24, 2.45) is 0 Å². The van der Waals surface area contributed by atoms with Gasteiger partial charge in [-0.2, -0.15) is 0 Å². The summed E-state index contributed by atoms with van der Waals surface area (Å²) in [4.78, 5) is 12.2. The summed E-state index contributed by atoms with van der Waals surface area (Å²) in [5.74, 6) is -0.119. The third-order valence-corrected chi connectivity index (χ3v) is 6.51. The van der Waals surface area contributed by atoms with Crippen LogP contribution >= 0.6 is 0 Å². The summed E-state index contributed by atoms with van der Waals surface area (Å²) in [7, 11) is 0. The van der Waals surface area contributed by atoms with Crippen LogP contribution in [0.25, 0.3) is 0 Å². The van der Waals surface area contributed by atoms with Crippen molar-refractivity contribution in [2.75, 3.05) is 6.61 Å². The van der Waals surface area contributed by atoms with Crippen molar-refractivity contribution in [3.05, 3.63) is 48.6 Å². The molecule has 0 heterocycles. The number of carbonyl (C=O) groups excluding carboxylic acids is 1. The molecular weight excluding hydrogens is 458 g/mol. The molecule has 3 N–H and O–H groups in total. The molecule has 0 aromatic heterocycles. The molecule has 37 heavy (non-hydrogen) atoms. The minimum absolute atomic E-state index is 0.119. The lowest BCUT2D eigenvalue weighted by molar-refractivity contribution is -0.122. The second kappa shape index (κ2) is 28.9. The van der Waals surface area contributed by atoms with Gasteiger partial charge in [0, 0.05) is 6.42 Å². The second-order valence-electron chi connectivity index (χ2n) is 10.1. The highest BCUT2D eigenvalue weighted by atomic mass is 16.3. The number of rotatable bonds is 26. The van der Waals surface area contributed by atoms with Crippen LogP contribution in [-0.4, -0.2) is 34.9 Å². The lowest BCUT2D eigenvalue weighted by atomic mass is 10.1. The average Bonchev–Trinajstić information content (AvgIpc) is 2.90. The van der Waals surface area contributed by atoms with E-state index in [0.717, 1.165) is 44.9 Å². The standard InChI is InChI=1S/C33H59NO3/c1-3-5-7-9-11-13-14-15-16-17-18-19-21-22-24-26-28-32(36)31(30-35)34-33(37)29-27-25-23-20-12-10-8-6-4-2/h15-16,19-21,23,26,28,31-32,35-36H,3-14,17-18,22,24-25,27,29-30H2,1-2H3,(H,34,37)/b16-15+,21-19+,23-20-,28-26+. The molecule has 4 heteroatoms. The number of aliphatic hydroxyl groups is 2. The van der Waals surface area contributed by atoms with Gasteiger partial charge in [-0.15, -0.1) is 0 Å². The van der Waals surface area contributed by atoms with Crippen LogP contribution in [0.2, 0.25) is 0 Å². The third kappa shape index (κ3) is 25.8. The summed E-state index contributed by atoms with van der Waals surface area (Å²) in [5.41, 5.74) is 0. The van der Waals surface area contributed by atoms with E-state index in [2.05, 4.69) is 55.6 Å². The van der Waals surface area contributed by atoms with Crippen LogP contribution in [0.3, 0.4) is 0 Å².